The molecule has 2 aromatic rings. The van der Waals surface area contributed by atoms with Crippen LogP contribution < -0.4 is 5.73 Å². The van der Waals surface area contributed by atoms with E-state index in [0.29, 0.717) is 24.5 Å². The van der Waals surface area contributed by atoms with Gasteiger partial charge in [-0.15, -0.1) is 0 Å². The van der Waals surface area contributed by atoms with Crippen molar-refractivity contribution in [1.82, 2.24) is 15.0 Å². The van der Waals surface area contributed by atoms with E-state index in [0.717, 1.165) is 6.54 Å². The van der Waals surface area contributed by atoms with E-state index in [9.17, 15) is 4.39 Å². The SMILES string of the molecule is CN1CCOC(c2noc(-c3ccc(F)cc3N)n2)C1. The summed E-state index contributed by atoms with van der Waals surface area (Å²) in [5, 5.41) is 3.93. The number of morpholine rings is 1. The molecule has 6 nitrogen and oxygen atoms in total. The van der Waals surface area contributed by atoms with Gasteiger partial charge in [-0.05, 0) is 25.2 Å². The minimum Gasteiger partial charge on any atom is -0.398 e. The number of hydrogen-bond acceptors (Lipinski definition) is 6. The smallest absolute Gasteiger partial charge is 0.260 e. The summed E-state index contributed by atoms with van der Waals surface area (Å²) < 4.78 is 23.8. The van der Waals surface area contributed by atoms with Gasteiger partial charge in [-0.3, -0.25) is 0 Å². The van der Waals surface area contributed by atoms with E-state index in [2.05, 4.69) is 15.0 Å². The molecule has 0 bridgehead atoms. The van der Waals surface area contributed by atoms with Gasteiger partial charge < -0.3 is 19.9 Å². The molecule has 1 atom stereocenters. The molecule has 2 N–H and O–H groups in total. The fraction of sp³-hybridized carbons (Fsp3) is 0.385. The summed E-state index contributed by atoms with van der Waals surface area (Å²) >= 11 is 0. The Hall–Kier alpha value is -1.99. The lowest BCUT2D eigenvalue weighted by molar-refractivity contribution is -0.0264. The molecule has 1 saturated heterocycles. The Balaban J connectivity index is 1.86. The lowest BCUT2D eigenvalue weighted by Crippen LogP contribution is -2.35. The monoisotopic (exact) mass is 278 g/mol. The Labute approximate surface area is 115 Å². The first kappa shape index (κ1) is 13.0. The first-order valence-electron chi connectivity index (χ1n) is 6.32. The molecule has 20 heavy (non-hydrogen) atoms. The maximum atomic E-state index is 13.0. The van der Waals surface area contributed by atoms with Crippen LogP contribution in [0, 0.1) is 5.82 Å². The van der Waals surface area contributed by atoms with Crippen molar-refractivity contribution >= 4 is 5.69 Å². The Morgan fingerprint density at radius 3 is 3.05 bits per heavy atom. The predicted octanol–water partition coefficient (Wildman–Crippen LogP) is 1.46. The molecule has 1 aliphatic rings. The molecule has 1 unspecified atom stereocenters. The molecule has 1 aromatic carbocycles. The Bertz CT molecular complexity index is 616. The highest BCUT2D eigenvalue weighted by Gasteiger charge is 2.25. The maximum Gasteiger partial charge on any atom is 0.260 e. The van der Waals surface area contributed by atoms with Crippen LogP contribution in [0.2, 0.25) is 0 Å². The van der Waals surface area contributed by atoms with Crippen LogP contribution in [0.15, 0.2) is 22.7 Å². The largest absolute Gasteiger partial charge is 0.398 e. The summed E-state index contributed by atoms with van der Waals surface area (Å²) in [6.07, 6.45) is -0.215. The van der Waals surface area contributed by atoms with Gasteiger partial charge in [0.05, 0.1) is 12.2 Å². The number of likely N-dealkylation sites (N-methyl/N-ethyl adjacent to an activating group) is 1. The molecule has 3 rings (SSSR count). The number of ether oxygens (including phenoxy) is 1. The quantitative estimate of drug-likeness (QED) is 0.838. The standard InChI is InChI=1S/C13H15FN4O2/c1-18-4-5-19-11(7-18)12-16-13(20-17-12)9-3-2-8(14)6-10(9)15/h2-3,6,11H,4-5,7,15H2,1H3. The van der Waals surface area contributed by atoms with Crippen molar-refractivity contribution in [1.29, 1.82) is 0 Å². The number of halogens is 1. The molecule has 0 amide bonds. The van der Waals surface area contributed by atoms with Crippen molar-refractivity contribution in [3.8, 4) is 11.5 Å². The van der Waals surface area contributed by atoms with Crippen LogP contribution in [0.3, 0.4) is 0 Å². The van der Waals surface area contributed by atoms with Gasteiger partial charge in [-0.25, -0.2) is 4.39 Å². The molecule has 106 valence electrons. The van der Waals surface area contributed by atoms with E-state index in [-0.39, 0.29) is 17.7 Å². The minimum absolute atomic E-state index is 0.215. The van der Waals surface area contributed by atoms with Gasteiger partial charge in [-0.1, -0.05) is 5.16 Å². The van der Waals surface area contributed by atoms with Crippen LogP contribution in [0.4, 0.5) is 10.1 Å². The number of rotatable bonds is 2. The molecule has 0 aliphatic carbocycles. The van der Waals surface area contributed by atoms with Gasteiger partial charge >= 0.3 is 0 Å². The molecule has 0 spiro atoms. The number of benzene rings is 1. The van der Waals surface area contributed by atoms with E-state index < -0.39 is 5.82 Å². The summed E-state index contributed by atoms with van der Waals surface area (Å²) in [6, 6.07) is 4.06. The molecule has 1 aromatic heterocycles. The van der Waals surface area contributed by atoms with Crippen LogP contribution in [-0.2, 0) is 4.74 Å². The summed E-state index contributed by atoms with van der Waals surface area (Å²) in [7, 11) is 2.01. The van der Waals surface area contributed by atoms with E-state index >= 15 is 0 Å². The van der Waals surface area contributed by atoms with Crippen LogP contribution in [0.1, 0.15) is 11.9 Å². The highest BCUT2D eigenvalue weighted by Crippen LogP contribution is 2.27. The third-order valence-electron chi connectivity index (χ3n) is 3.24. The van der Waals surface area contributed by atoms with E-state index in [1.165, 1.54) is 18.2 Å². The second-order valence-corrected chi connectivity index (χ2v) is 4.81. The Morgan fingerprint density at radius 2 is 2.30 bits per heavy atom. The first-order chi connectivity index (χ1) is 9.63. The van der Waals surface area contributed by atoms with E-state index in [4.69, 9.17) is 15.0 Å². The number of anilines is 1. The molecule has 0 saturated carbocycles. The average Bonchev–Trinajstić information content (AvgIpc) is 2.88. The zero-order valence-electron chi connectivity index (χ0n) is 11.0. The molecule has 7 heteroatoms. The number of nitrogens with zero attached hydrogens (tertiary/aromatic N) is 3. The molecular weight excluding hydrogens is 263 g/mol. The van der Waals surface area contributed by atoms with E-state index in [1.54, 1.807) is 0 Å². The second kappa shape index (κ2) is 5.18. The summed E-state index contributed by atoms with van der Waals surface area (Å²) in [5.41, 5.74) is 6.54. The zero-order valence-corrected chi connectivity index (χ0v) is 11.0. The van der Waals surface area contributed by atoms with Gasteiger partial charge in [0.25, 0.3) is 5.89 Å². The van der Waals surface area contributed by atoms with Crippen LogP contribution >= 0.6 is 0 Å². The summed E-state index contributed by atoms with van der Waals surface area (Å²) in [6.45, 7) is 2.22. The normalized spacial score (nSPS) is 20.2. The summed E-state index contributed by atoms with van der Waals surface area (Å²) in [5.74, 6) is 0.354. The predicted molar refractivity (Wildman–Crippen MR) is 70.3 cm³/mol. The molecule has 1 fully saturated rings. The number of nitrogen functional groups attached to an aromatic ring is 1. The third-order valence-corrected chi connectivity index (χ3v) is 3.24. The zero-order chi connectivity index (χ0) is 14.1. The van der Waals surface area contributed by atoms with Gasteiger partial charge in [0.15, 0.2) is 0 Å². The number of hydrogen-bond donors (Lipinski definition) is 1. The van der Waals surface area contributed by atoms with Crippen molar-refractivity contribution in [2.45, 2.75) is 6.10 Å². The third kappa shape index (κ3) is 2.50. The second-order valence-electron chi connectivity index (χ2n) is 4.81. The average molecular weight is 278 g/mol. The van der Waals surface area contributed by atoms with Gasteiger partial charge in [-0.2, -0.15) is 4.98 Å². The Morgan fingerprint density at radius 1 is 1.45 bits per heavy atom. The number of aromatic nitrogens is 2. The minimum atomic E-state index is -0.400. The van der Waals surface area contributed by atoms with Crippen LogP contribution in [-0.4, -0.2) is 41.8 Å². The van der Waals surface area contributed by atoms with Gasteiger partial charge in [0, 0.05) is 18.8 Å². The Kier molecular flexibility index (Phi) is 3.37. The topological polar surface area (TPSA) is 77.4 Å². The highest BCUT2D eigenvalue weighted by molar-refractivity contribution is 5.70. The van der Waals surface area contributed by atoms with Crippen molar-refractivity contribution in [3.63, 3.8) is 0 Å². The van der Waals surface area contributed by atoms with E-state index in [1.807, 2.05) is 7.05 Å². The molecule has 1 aliphatic heterocycles. The molecule has 0 radical (unpaired) electrons. The fourth-order valence-corrected chi connectivity index (χ4v) is 2.14. The van der Waals surface area contributed by atoms with Crippen LogP contribution in [0.5, 0.6) is 0 Å². The maximum absolute atomic E-state index is 13.0. The fourth-order valence-electron chi connectivity index (χ4n) is 2.14. The molecular formula is C13H15FN4O2. The van der Waals surface area contributed by atoms with Crippen molar-refractivity contribution in [3.05, 3.63) is 29.8 Å². The number of nitrogens with two attached hydrogens (primary N) is 1. The molecule has 2 heterocycles. The highest BCUT2D eigenvalue weighted by atomic mass is 19.1. The van der Waals surface area contributed by atoms with Crippen molar-refractivity contribution in [2.75, 3.05) is 32.5 Å². The first-order valence-corrected chi connectivity index (χ1v) is 6.32. The van der Waals surface area contributed by atoms with Crippen LogP contribution in [0.25, 0.3) is 11.5 Å². The van der Waals surface area contributed by atoms with Crippen molar-refractivity contribution < 1.29 is 13.7 Å². The lowest BCUT2D eigenvalue weighted by atomic mass is 10.2. The lowest BCUT2D eigenvalue weighted by Gasteiger charge is -2.27. The van der Waals surface area contributed by atoms with Crippen molar-refractivity contribution in [2.24, 2.45) is 0 Å². The van der Waals surface area contributed by atoms with Gasteiger partial charge in [0.1, 0.15) is 11.9 Å². The van der Waals surface area contributed by atoms with Gasteiger partial charge in [0.2, 0.25) is 5.82 Å². The summed E-state index contributed by atoms with van der Waals surface area (Å²) in [4.78, 5) is 6.43.